The number of carbonyl (C=O) groups excluding carboxylic acids is 1. The quantitative estimate of drug-likeness (QED) is 0.845. The first-order valence-corrected chi connectivity index (χ1v) is 6.82. The Balaban J connectivity index is 2.09. The van der Waals surface area contributed by atoms with Crippen molar-refractivity contribution in [3.05, 3.63) is 47.3 Å². The lowest BCUT2D eigenvalue weighted by Gasteiger charge is -2.11. The number of rotatable bonds is 6. The summed E-state index contributed by atoms with van der Waals surface area (Å²) < 4.78 is 6.75. The van der Waals surface area contributed by atoms with Gasteiger partial charge in [0, 0.05) is 20.2 Å². The molecule has 3 N–H and O–H groups in total. The maximum Gasteiger partial charge on any atom is 0.271 e. The van der Waals surface area contributed by atoms with Crippen LogP contribution in [0.5, 0.6) is 0 Å². The normalized spacial score (nSPS) is 10.6. The zero-order chi connectivity index (χ0) is 15.2. The van der Waals surface area contributed by atoms with Crippen molar-refractivity contribution in [3.63, 3.8) is 0 Å². The molecule has 0 radical (unpaired) electrons. The Morgan fingerprint density at radius 2 is 2.10 bits per heavy atom. The minimum atomic E-state index is -0.223. The van der Waals surface area contributed by atoms with Gasteiger partial charge in [-0.2, -0.15) is 5.10 Å². The number of amides is 1. The molecule has 2 rings (SSSR count). The van der Waals surface area contributed by atoms with Gasteiger partial charge in [-0.25, -0.2) is 0 Å². The minimum absolute atomic E-state index is 0.223. The molecule has 2 aromatic rings. The van der Waals surface area contributed by atoms with E-state index in [4.69, 9.17) is 10.5 Å². The summed E-state index contributed by atoms with van der Waals surface area (Å²) in [6, 6.07) is 7.83. The number of nitrogens with one attached hydrogen (secondary N) is 1. The maximum absolute atomic E-state index is 12.3. The summed E-state index contributed by atoms with van der Waals surface area (Å²) in [4.78, 5) is 12.3. The molecule has 0 unspecified atom stereocenters. The Bertz CT molecular complexity index is 622. The first-order chi connectivity index (χ1) is 10.2. The van der Waals surface area contributed by atoms with E-state index < -0.39 is 0 Å². The topological polar surface area (TPSA) is 82.2 Å². The van der Waals surface area contributed by atoms with Crippen molar-refractivity contribution >= 4 is 11.6 Å². The van der Waals surface area contributed by atoms with Crippen molar-refractivity contribution in [2.45, 2.75) is 26.6 Å². The van der Waals surface area contributed by atoms with Gasteiger partial charge in [0.1, 0.15) is 5.69 Å². The highest BCUT2D eigenvalue weighted by atomic mass is 16.5. The van der Waals surface area contributed by atoms with Crippen molar-refractivity contribution < 1.29 is 9.53 Å². The molecule has 0 aliphatic rings. The summed E-state index contributed by atoms with van der Waals surface area (Å²) in [5.41, 5.74) is 8.67. The second-order valence-electron chi connectivity index (χ2n) is 4.65. The molecule has 0 spiro atoms. The molecule has 21 heavy (non-hydrogen) atoms. The lowest BCUT2D eigenvalue weighted by Crippen LogP contribution is -2.27. The minimum Gasteiger partial charge on any atom is -0.396 e. The van der Waals surface area contributed by atoms with Crippen LogP contribution in [0.4, 0.5) is 5.69 Å². The van der Waals surface area contributed by atoms with Gasteiger partial charge in [-0.05, 0) is 18.1 Å². The Morgan fingerprint density at radius 1 is 1.38 bits per heavy atom. The van der Waals surface area contributed by atoms with Crippen LogP contribution in [-0.2, 0) is 24.4 Å². The third-order valence-corrected chi connectivity index (χ3v) is 3.24. The number of nitrogens with two attached hydrogens (primary N) is 1. The molecule has 112 valence electrons. The number of carbonyl (C=O) groups is 1. The zero-order valence-corrected chi connectivity index (χ0v) is 12.3. The SMILES string of the molecule is CCn1ncc(N)c1C(=O)NCc1ccccc1COC. The van der Waals surface area contributed by atoms with Gasteiger partial charge in [0.2, 0.25) is 0 Å². The molecule has 1 amide bonds. The Kier molecular flexibility index (Phi) is 4.94. The highest BCUT2D eigenvalue weighted by Crippen LogP contribution is 2.13. The van der Waals surface area contributed by atoms with Gasteiger partial charge < -0.3 is 15.8 Å². The fourth-order valence-electron chi connectivity index (χ4n) is 2.17. The number of hydrogen-bond acceptors (Lipinski definition) is 4. The highest BCUT2D eigenvalue weighted by Gasteiger charge is 2.16. The van der Waals surface area contributed by atoms with E-state index in [-0.39, 0.29) is 5.91 Å². The van der Waals surface area contributed by atoms with E-state index in [1.165, 1.54) is 6.20 Å². The second kappa shape index (κ2) is 6.90. The molecule has 0 bridgehead atoms. The fraction of sp³-hybridized carbons (Fsp3) is 0.333. The molecule has 1 aromatic carbocycles. The number of aromatic nitrogens is 2. The first kappa shape index (κ1) is 15.1. The lowest BCUT2D eigenvalue weighted by atomic mass is 10.1. The summed E-state index contributed by atoms with van der Waals surface area (Å²) in [6.45, 7) is 3.45. The number of nitrogen functional groups attached to an aromatic ring is 1. The largest absolute Gasteiger partial charge is 0.396 e. The van der Waals surface area contributed by atoms with Gasteiger partial charge in [0.15, 0.2) is 0 Å². The van der Waals surface area contributed by atoms with Crippen LogP contribution in [-0.4, -0.2) is 22.8 Å². The van der Waals surface area contributed by atoms with Crippen LogP contribution in [0.15, 0.2) is 30.5 Å². The number of hydrogen-bond donors (Lipinski definition) is 2. The number of aryl methyl sites for hydroxylation is 1. The summed E-state index contributed by atoms with van der Waals surface area (Å²) >= 11 is 0. The molecule has 0 atom stereocenters. The van der Waals surface area contributed by atoms with Crippen molar-refractivity contribution in [1.82, 2.24) is 15.1 Å². The van der Waals surface area contributed by atoms with E-state index in [0.29, 0.717) is 31.1 Å². The monoisotopic (exact) mass is 288 g/mol. The highest BCUT2D eigenvalue weighted by molar-refractivity contribution is 5.97. The first-order valence-electron chi connectivity index (χ1n) is 6.82. The number of anilines is 1. The molecule has 1 aromatic heterocycles. The van der Waals surface area contributed by atoms with E-state index in [0.717, 1.165) is 11.1 Å². The molecule has 6 nitrogen and oxygen atoms in total. The molecule has 6 heteroatoms. The van der Waals surface area contributed by atoms with Gasteiger partial charge in [-0.3, -0.25) is 9.48 Å². The summed E-state index contributed by atoms with van der Waals surface area (Å²) in [5.74, 6) is -0.223. The molecule has 0 saturated heterocycles. The maximum atomic E-state index is 12.3. The van der Waals surface area contributed by atoms with Crippen LogP contribution < -0.4 is 11.1 Å². The van der Waals surface area contributed by atoms with E-state index >= 15 is 0 Å². The average Bonchev–Trinajstić information content (AvgIpc) is 2.87. The number of benzene rings is 1. The van der Waals surface area contributed by atoms with Gasteiger partial charge in [-0.1, -0.05) is 24.3 Å². The van der Waals surface area contributed by atoms with Crippen LogP contribution in [0.1, 0.15) is 28.5 Å². The third kappa shape index (κ3) is 3.41. The van der Waals surface area contributed by atoms with Crippen molar-refractivity contribution in [1.29, 1.82) is 0 Å². The van der Waals surface area contributed by atoms with Crippen LogP contribution in [0.2, 0.25) is 0 Å². The van der Waals surface area contributed by atoms with E-state index in [9.17, 15) is 4.79 Å². The summed E-state index contributed by atoms with van der Waals surface area (Å²) in [5, 5.41) is 6.95. The Labute approximate surface area is 123 Å². The van der Waals surface area contributed by atoms with E-state index in [1.807, 2.05) is 31.2 Å². The van der Waals surface area contributed by atoms with Gasteiger partial charge >= 0.3 is 0 Å². The summed E-state index contributed by atoms with van der Waals surface area (Å²) in [7, 11) is 1.65. The molecular formula is C15H20N4O2. The van der Waals surface area contributed by atoms with Crippen molar-refractivity contribution in [2.75, 3.05) is 12.8 Å². The van der Waals surface area contributed by atoms with E-state index in [1.54, 1.807) is 11.8 Å². The van der Waals surface area contributed by atoms with Crippen LogP contribution in [0, 0.1) is 0 Å². The predicted molar refractivity (Wildman–Crippen MR) is 80.6 cm³/mol. The van der Waals surface area contributed by atoms with Crippen molar-refractivity contribution in [3.8, 4) is 0 Å². The fourth-order valence-corrected chi connectivity index (χ4v) is 2.17. The molecule has 0 fully saturated rings. The molecule has 0 saturated carbocycles. The zero-order valence-electron chi connectivity index (χ0n) is 12.3. The smallest absolute Gasteiger partial charge is 0.271 e. The lowest BCUT2D eigenvalue weighted by molar-refractivity contribution is 0.0940. The van der Waals surface area contributed by atoms with Gasteiger partial charge in [0.05, 0.1) is 18.5 Å². The standard InChI is InChI=1S/C15H20N4O2/c1-3-19-14(13(16)9-18-19)15(20)17-8-11-6-4-5-7-12(11)10-21-2/h4-7,9H,3,8,10,16H2,1-2H3,(H,17,20). The van der Waals surface area contributed by atoms with Gasteiger partial charge in [0.25, 0.3) is 5.91 Å². The Morgan fingerprint density at radius 3 is 2.76 bits per heavy atom. The molecular weight excluding hydrogens is 268 g/mol. The van der Waals surface area contributed by atoms with Gasteiger partial charge in [-0.15, -0.1) is 0 Å². The van der Waals surface area contributed by atoms with Crippen molar-refractivity contribution in [2.24, 2.45) is 0 Å². The number of nitrogens with zero attached hydrogens (tertiary/aromatic N) is 2. The van der Waals surface area contributed by atoms with Crippen LogP contribution in [0.3, 0.4) is 0 Å². The average molecular weight is 288 g/mol. The Hall–Kier alpha value is -2.34. The van der Waals surface area contributed by atoms with E-state index in [2.05, 4.69) is 10.4 Å². The van der Waals surface area contributed by atoms with Crippen LogP contribution in [0.25, 0.3) is 0 Å². The van der Waals surface area contributed by atoms with Crippen LogP contribution >= 0.6 is 0 Å². The summed E-state index contributed by atoms with van der Waals surface area (Å²) in [6.07, 6.45) is 1.50. The second-order valence-corrected chi connectivity index (χ2v) is 4.65. The number of ether oxygens (including phenoxy) is 1. The molecule has 0 aliphatic carbocycles. The molecule has 1 heterocycles. The third-order valence-electron chi connectivity index (χ3n) is 3.24. The molecule has 0 aliphatic heterocycles. The predicted octanol–water partition coefficient (Wildman–Crippen LogP) is 1.56. The number of methoxy groups -OCH3 is 1.